The maximum Gasteiger partial charge on any atom is 0.347 e. The van der Waals surface area contributed by atoms with Crippen molar-refractivity contribution in [3.63, 3.8) is 0 Å². The molecular weight excluding hydrogens is 248 g/mol. The van der Waals surface area contributed by atoms with Crippen molar-refractivity contribution >= 4 is 23.2 Å². The van der Waals surface area contributed by atoms with Crippen LogP contribution in [0.1, 0.15) is 12.8 Å². The highest BCUT2D eigenvalue weighted by atomic mass is 16.6. The normalized spacial score (nSPS) is 16.7. The Hall–Kier alpha value is -2.44. The van der Waals surface area contributed by atoms with Crippen LogP contribution in [-0.4, -0.2) is 35.3 Å². The molecule has 1 saturated heterocycles. The Kier molecular flexibility index (Phi) is 3.74. The molecule has 1 aromatic carbocycles. The number of nitro benzene ring substituents is 1. The van der Waals surface area contributed by atoms with Crippen molar-refractivity contribution in [3.05, 3.63) is 34.4 Å². The second kappa shape index (κ2) is 5.47. The summed E-state index contributed by atoms with van der Waals surface area (Å²) >= 11 is 0. The van der Waals surface area contributed by atoms with Gasteiger partial charge in [0.1, 0.15) is 5.84 Å². The molecule has 0 saturated carbocycles. The van der Waals surface area contributed by atoms with Crippen molar-refractivity contribution < 1.29 is 9.72 Å². The van der Waals surface area contributed by atoms with Gasteiger partial charge in [-0.1, -0.05) is 6.07 Å². The van der Waals surface area contributed by atoms with Crippen LogP contribution in [0.4, 0.5) is 16.2 Å². The first kappa shape index (κ1) is 13.0. The smallest absolute Gasteiger partial charge is 0.347 e. The number of non-ortho nitro benzene ring substituents is 1. The third kappa shape index (κ3) is 3.27. The average Bonchev–Trinajstić information content (AvgIpc) is 2.75. The van der Waals surface area contributed by atoms with E-state index in [0.717, 1.165) is 25.2 Å². The quantitative estimate of drug-likeness (QED) is 0.654. The van der Waals surface area contributed by atoms with Gasteiger partial charge in [0, 0.05) is 37.8 Å². The van der Waals surface area contributed by atoms with Crippen LogP contribution in [-0.2, 0) is 0 Å². The number of urea groups is 1. The molecule has 100 valence electrons. The fourth-order valence-corrected chi connectivity index (χ4v) is 1.90. The van der Waals surface area contributed by atoms with Crippen LogP contribution in [0.15, 0.2) is 29.3 Å². The first-order chi connectivity index (χ1) is 9.06. The van der Waals surface area contributed by atoms with Crippen molar-refractivity contribution in [2.24, 2.45) is 4.99 Å². The second-order valence-electron chi connectivity index (χ2n) is 4.29. The van der Waals surface area contributed by atoms with Gasteiger partial charge in [0.05, 0.1) is 4.92 Å². The number of nitrogens with zero attached hydrogens (tertiary/aromatic N) is 3. The van der Waals surface area contributed by atoms with Crippen molar-refractivity contribution in [1.29, 1.82) is 0 Å². The standard InChI is InChI=1S/C12H14N4O3/c1-15-7-3-6-11(15)14-12(17)13-9-4-2-5-10(8-9)16(18)19/h2,4-5,8H,3,6-7H2,1H3,(H,13,17)/b14-11-. The molecular formula is C12H14N4O3. The zero-order valence-corrected chi connectivity index (χ0v) is 10.5. The van der Waals surface area contributed by atoms with Crippen LogP contribution in [0.2, 0.25) is 0 Å². The van der Waals surface area contributed by atoms with E-state index in [2.05, 4.69) is 10.3 Å². The van der Waals surface area contributed by atoms with Crippen molar-refractivity contribution in [2.45, 2.75) is 12.8 Å². The van der Waals surface area contributed by atoms with Gasteiger partial charge in [-0.2, -0.15) is 4.99 Å². The molecule has 0 aliphatic carbocycles. The van der Waals surface area contributed by atoms with E-state index in [1.165, 1.54) is 18.2 Å². The number of aliphatic imine (C=N–C) groups is 1. The van der Waals surface area contributed by atoms with E-state index >= 15 is 0 Å². The highest BCUT2D eigenvalue weighted by Crippen LogP contribution is 2.17. The fourth-order valence-electron chi connectivity index (χ4n) is 1.90. The highest BCUT2D eigenvalue weighted by molar-refractivity contribution is 6.00. The highest BCUT2D eigenvalue weighted by Gasteiger charge is 2.15. The third-order valence-electron chi connectivity index (χ3n) is 2.87. The maximum absolute atomic E-state index is 11.7. The summed E-state index contributed by atoms with van der Waals surface area (Å²) < 4.78 is 0. The number of amidine groups is 1. The van der Waals surface area contributed by atoms with Crippen molar-refractivity contribution in [2.75, 3.05) is 18.9 Å². The van der Waals surface area contributed by atoms with Gasteiger partial charge in [-0.25, -0.2) is 4.79 Å². The second-order valence-corrected chi connectivity index (χ2v) is 4.29. The van der Waals surface area contributed by atoms with E-state index < -0.39 is 11.0 Å². The number of likely N-dealkylation sites (tertiary alicyclic amines) is 1. The molecule has 1 fully saturated rings. The lowest BCUT2D eigenvalue weighted by molar-refractivity contribution is -0.384. The van der Waals surface area contributed by atoms with Gasteiger partial charge < -0.3 is 10.2 Å². The first-order valence-corrected chi connectivity index (χ1v) is 5.90. The van der Waals surface area contributed by atoms with Gasteiger partial charge in [-0.15, -0.1) is 0 Å². The molecule has 2 rings (SSSR count). The number of anilines is 1. The summed E-state index contributed by atoms with van der Waals surface area (Å²) in [6.45, 7) is 0.892. The molecule has 7 nitrogen and oxygen atoms in total. The minimum atomic E-state index is -0.510. The Labute approximate surface area is 110 Å². The Morgan fingerprint density at radius 2 is 2.32 bits per heavy atom. The number of hydrogen-bond acceptors (Lipinski definition) is 3. The fraction of sp³-hybridized carbons (Fsp3) is 0.333. The minimum absolute atomic E-state index is 0.0663. The topological polar surface area (TPSA) is 87.8 Å². The Bertz CT molecular complexity index is 542. The number of hydrogen-bond donors (Lipinski definition) is 1. The third-order valence-corrected chi connectivity index (χ3v) is 2.87. The van der Waals surface area contributed by atoms with Gasteiger partial charge in [0.25, 0.3) is 5.69 Å². The van der Waals surface area contributed by atoms with Gasteiger partial charge in [0.2, 0.25) is 0 Å². The lowest BCUT2D eigenvalue weighted by Gasteiger charge is -2.10. The number of rotatable bonds is 2. The van der Waals surface area contributed by atoms with E-state index in [9.17, 15) is 14.9 Å². The number of nitro groups is 1. The van der Waals surface area contributed by atoms with E-state index in [1.807, 2.05) is 11.9 Å². The molecule has 0 unspecified atom stereocenters. The monoisotopic (exact) mass is 262 g/mol. The van der Waals surface area contributed by atoms with Crippen LogP contribution < -0.4 is 5.32 Å². The molecule has 1 N–H and O–H groups in total. The van der Waals surface area contributed by atoms with E-state index in [1.54, 1.807) is 6.07 Å². The van der Waals surface area contributed by atoms with Gasteiger partial charge in [-0.05, 0) is 12.5 Å². The summed E-state index contributed by atoms with van der Waals surface area (Å²) in [6.07, 6.45) is 1.76. The molecule has 1 aliphatic rings. The lowest BCUT2D eigenvalue weighted by Crippen LogP contribution is -2.21. The summed E-state index contributed by atoms with van der Waals surface area (Å²) in [4.78, 5) is 27.7. The minimum Gasteiger partial charge on any atom is -0.363 e. The number of benzene rings is 1. The average molecular weight is 262 g/mol. The number of nitrogens with one attached hydrogen (secondary N) is 1. The molecule has 0 radical (unpaired) electrons. The Morgan fingerprint density at radius 1 is 1.53 bits per heavy atom. The van der Waals surface area contributed by atoms with Crippen molar-refractivity contribution in [3.8, 4) is 0 Å². The van der Waals surface area contributed by atoms with E-state index in [-0.39, 0.29) is 5.69 Å². The largest absolute Gasteiger partial charge is 0.363 e. The predicted molar refractivity (Wildman–Crippen MR) is 71.4 cm³/mol. The number of carbonyl (C=O) groups is 1. The van der Waals surface area contributed by atoms with Crippen molar-refractivity contribution in [1.82, 2.24) is 4.90 Å². The Morgan fingerprint density at radius 3 is 2.95 bits per heavy atom. The predicted octanol–water partition coefficient (Wildman–Crippen LogP) is 2.25. The molecule has 0 aromatic heterocycles. The summed E-state index contributed by atoms with van der Waals surface area (Å²) in [5.41, 5.74) is 0.299. The molecule has 0 spiro atoms. The Balaban J connectivity index is 2.07. The van der Waals surface area contributed by atoms with E-state index in [0.29, 0.717) is 5.69 Å². The number of amides is 2. The van der Waals surface area contributed by atoms with E-state index in [4.69, 9.17) is 0 Å². The van der Waals surface area contributed by atoms with Crippen LogP contribution in [0.3, 0.4) is 0 Å². The molecule has 0 bridgehead atoms. The first-order valence-electron chi connectivity index (χ1n) is 5.90. The molecule has 2 amide bonds. The SMILES string of the molecule is CN1CCC/C1=N/C(=O)Nc1cccc([N+](=O)[O-])c1. The van der Waals surface area contributed by atoms with Crippen LogP contribution in [0.25, 0.3) is 0 Å². The summed E-state index contributed by atoms with van der Waals surface area (Å²) in [5.74, 6) is 0.739. The number of carbonyl (C=O) groups excluding carboxylic acids is 1. The van der Waals surface area contributed by atoms with Crippen LogP contribution in [0.5, 0.6) is 0 Å². The summed E-state index contributed by atoms with van der Waals surface area (Å²) in [6, 6.07) is 5.26. The molecule has 1 aliphatic heterocycles. The maximum atomic E-state index is 11.7. The molecule has 1 aromatic rings. The molecule has 0 atom stereocenters. The van der Waals surface area contributed by atoms with Gasteiger partial charge in [-0.3, -0.25) is 10.1 Å². The summed E-state index contributed by atoms with van der Waals surface area (Å²) in [5, 5.41) is 13.1. The molecule has 7 heteroatoms. The van der Waals surface area contributed by atoms with Crippen LogP contribution in [0, 0.1) is 10.1 Å². The zero-order valence-electron chi connectivity index (χ0n) is 10.5. The lowest BCUT2D eigenvalue weighted by atomic mass is 10.3. The summed E-state index contributed by atoms with van der Waals surface area (Å²) in [7, 11) is 1.88. The zero-order chi connectivity index (χ0) is 13.8. The van der Waals surface area contributed by atoms with Gasteiger partial charge in [0.15, 0.2) is 0 Å². The molecule has 19 heavy (non-hydrogen) atoms. The van der Waals surface area contributed by atoms with Gasteiger partial charge >= 0.3 is 6.03 Å². The van der Waals surface area contributed by atoms with Crippen LogP contribution >= 0.6 is 0 Å². The molecule has 1 heterocycles.